The highest BCUT2D eigenvalue weighted by Crippen LogP contribution is 2.30. The number of carboxylic acids is 1. The third-order valence-electron chi connectivity index (χ3n) is 3.36. The summed E-state index contributed by atoms with van der Waals surface area (Å²) in [6.07, 6.45) is 2.52. The van der Waals surface area contributed by atoms with E-state index in [0.29, 0.717) is 12.1 Å². The van der Waals surface area contributed by atoms with Crippen LogP contribution >= 0.6 is 0 Å². The zero-order chi connectivity index (χ0) is 13.1. The SMILES string of the molecule is CCN(Cc1cccc(C(=O)O)c1F)CC1CC1. The lowest BCUT2D eigenvalue weighted by Crippen LogP contribution is -2.26. The summed E-state index contributed by atoms with van der Waals surface area (Å²) < 4.78 is 14.0. The molecule has 0 amide bonds. The maximum Gasteiger partial charge on any atom is 0.338 e. The number of hydrogen-bond donors (Lipinski definition) is 1. The molecule has 0 aromatic heterocycles. The van der Waals surface area contributed by atoms with E-state index in [9.17, 15) is 9.18 Å². The van der Waals surface area contributed by atoms with Gasteiger partial charge < -0.3 is 5.11 Å². The number of benzene rings is 1. The van der Waals surface area contributed by atoms with Crippen molar-refractivity contribution in [1.29, 1.82) is 0 Å². The first-order chi connectivity index (χ1) is 8.61. The highest BCUT2D eigenvalue weighted by Gasteiger charge is 2.24. The maximum atomic E-state index is 14.0. The van der Waals surface area contributed by atoms with Crippen molar-refractivity contribution in [1.82, 2.24) is 4.90 Å². The van der Waals surface area contributed by atoms with Crippen LogP contribution in [0.2, 0.25) is 0 Å². The van der Waals surface area contributed by atoms with E-state index in [2.05, 4.69) is 4.90 Å². The van der Waals surface area contributed by atoms with E-state index < -0.39 is 11.8 Å². The van der Waals surface area contributed by atoms with Gasteiger partial charge in [0.2, 0.25) is 0 Å². The van der Waals surface area contributed by atoms with Gasteiger partial charge in [0.15, 0.2) is 0 Å². The van der Waals surface area contributed by atoms with Crippen molar-refractivity contribution in [2.45, 2.75) is 26.3 Å². The van der Waals surface area contributed by atoms with Gasteiger partial charge >= 0.3 is 5.97 Å². The molecule has 0 bridgehead atoms. The predicted molar refractivity (Wildman–Crippen MR) is 67.0 cm³/mol. The number of aromatic carboxylic acids is 1. The molecule has 0 spiro atoms. The van der Waals surface area contributed by atoms with E-state index in [-0.39, 0.29) is 5.56 Å². The Kier molecular flexibility index (Phi) is 3.97. The van der Waals surface area contributed by atoms with Crippen molar-refractivity contribution in [3.05, 3.63) is 35.1 Å². The molecule has 1 aromatic carbocycles. The normalized spacial score (nSPS) is 15.1. The number of carbonyl (C=O) groups is 1. The molecule has 1 aliphatic rings. The van der Waals surface area contributed by atoms with Crippen molar-refractivity contribution in [3.63, 3.8) is 0 Å². The second-order valence-corrected chi connectivity index (χ2v) is 4.85. The number of carboxylic acid groups (broad SMARTS) is 1. The van der Waals surface area contributed by atoms with Crippen molar-refractivity contribution < 1.29 is 14.3 Å². The van der Waals surface area contributed by atoms with Crippen LogP contribution in [0.25, 0.3) is 0 Å². The second kappa shape index (κ2) is 5.48. The molecule has 0 heterocycles. The van der Waals surface area contributed by atoms with Crippen molar-refractivity contribution in [3.8, 4) is 0 Å². The minimum Gasteiger partial charge on any atom is -0.478 e. The van der Waals surface area contributed by atoms with Crippen molar-refractivity contribution in [2.24, 2.45) is 5.92 Å². The van der Waals surface area contributed by atoms with E-state index >= 15 is 0 Å². The number of nitrogens with zero attached hydrogens (tertiary/aromatic N) is 1. The fourth-order valence-corrected chi connectivity index (χ4v) is 2.08. The van der Waals surface area contributed by atoms with Gasteiger partial charge in [-0.3, -0.25) is 4.90 Å². The summed E-state index contributed by atoms with van der Waals surface area (Å²) >= 11 is 0. The van der Waals surface area contributed by atoms with Crippen molar-refractivity contribution in [2.75, 3.05) is 13.1 Å². The summed E-state index contributed by atoms with van der Waals surface area (Å²) in [4.78, 5) is 13.0. The second-order valence-electron chi connectivity index (χ2n) is 4.85. The molecule has 2 rings (SSSR count). The van der Waals surface area contributed by atoms with Gasteiger partial charge in [-0.1, -0.05) is 19.1 Å². The Labute approximate surface area is 106 Å². The monoisotopic (exact) mass is 251 g/mol. The fourth-order valence-electron chi connectivity index (χ4n) is 2.08. The predicted octanol–water partition coefficient (Wildman–Crippen LogP) is 2.76. The van der Waals surface area contributed by atoms with Gasteiger partial charge in [-0.15, -0.1) is 0 Å². The van der Waals surface area contributed by atoms with Crippen LogP contribution in [0.4, 0.5) is 4.39 Å². The number of rotatable bonds is 6. The zero-order valence-electron chi connectivity index (χ0n) is 10.5. The van der Waals surface area contributed by atoms with E-state index in [4.69, 9.17) is 5.11 Å². The Bertz CT molecular complexity index is 443. The summed E-state index contributed by atoms with van der Waals surface area (Å²) in [7, 11) is 0. The lowest BCUT2D eigenvalue weighted by molar-refractivity contribution is 0.0691. The molecule has 1 N–H and O–H groups in total. The topological polar surface area (TPSA) is 40.5 Å². The van der Waals surface area contributed by atoms with Crippen LogP contribution in [0, 0.1) is 11.7 Å². The largest absolute Gasteiger partial charge is 0.478 e. The van der Waals surface area contributed by atoms with Gasteiger partial charge in [0.05, 0.1) is 5.56 Å². The minimum absolute atomic E-state index is 0.241. The Hall–Kier alpha value is -1.42. The molecule has 4 heteroatoms. The van der Waals surface area contributed by atoms with Gasteiger partial charge in [0, 0.05) is 18.7 Å². The smallest absolute Gasteiger partial charge is 0.338 e. The average Bonchev–Trinajstić information content (AvgIpc) is 3.14. The maximum absolute atomic E-state index is 14.0. The molecule has 0 unspecified atom stereocenters. The Morgan fingerprint density at radius 1 is 1.50 bits per heavy atom. The molecule has 98 valence electrons. The van der Waals surface area contributed by atoms with Crippen LogP contribution < -0.4 is 0 Å². The van der Waals surface area contributed by atoms with Gasteiger partial charge in [-0.05, 0) is 31.4 Å². The summed E-state index contributed by atoms with van der Waals surface area (Å²) in [6, 6.07) is 4.57. The van der Waals surface area contributed by atoms with Gasteiger partial charge in [-0.2, -0.15) is 0 Å². The van der Waals surface area contributed by atoms with Crippen LogP contribution in [0.1, 0.15) is 35.7 Å². The first-order valence-corrected chi connectivity index (χ1v) is 6.34. The summed E-state index contributed by atoms with van der Waals surface area (Å²) in [5.74, 6) is -1.06. The number of halogens is 1. The Balaban J connectivity index is 2.11. The highest BCUT2D eigenvalue weighted by atomic mass is 19.1. The molecule has 0 saturated heterocycles. The molecule has 1 aliphatic carbocycles. The quantitative estimate of drug-likeness (QED) is 0.845. The minimum atomic E-state index is -1.21. The van der Waals surface area contributed by atoms with Gasteiger partial charge in [0.1, 0.15) is 5.82 Å². The van der Waals surface area contributed by atoms with E-state index in [0.717, 1.165) is 19.0 Å². The standard InChI is InChI=1S/C14H18FNO2/c1-2-16(8-10-6-7-10)9-11-4-3-5-12(13(11)15)14(17)18/h3-5,10H,2,6-9H2,1H3,(H,17,18). The Morgan fingerprint density at radius 3 is 2.78 bits per heavy atom. The van der Waals surface area contributed by atoms with Gasteiger partial charge in [0.25, 0.3) is 0 Å². The average molecular weight is 251 g/mol. The van der Waals surface area contributed by atoms with Crippen LogP contribution in [-0.4, -0.2) is 29.1 Å². The van der Waals surface area contributed by atoms with Crippen LogP contribution in [-0.2, 0) is 6.54 Å². The molecule has 0 radical (unpaired) electrons. The third-order valence-corrected chi connectivity index (χ3v) is 3.36. The summed E-state index contributed by atoms with van der Waals surface area (Å²) in [6.45, 7) is 4.36. The number of hydrogen-bond acceptors (Lipinski definition) is 2. The first kappa shape index (κ1) is 13.0. The van der Waals surface area contributed by atoms with E-state index in [1.54, 1.807) is 12.1 Å². The lowest BCUT2D eigenvalue weighted by atomic mass is 10.1. The molecular formula is C14H18FNO2. The molecule has 1 saturated carbocycles. The highest BCUT2D eigenvalue weighted by molar-refractivity contribution is 5.88. The van der Waals surface area contributed by atoms with Gasteiger partial charge in [-0.25, -0.2) is 9.18 Å². The van der Waals surface area contributed by atoms with Crippen LogP contribution in [0.5, 0.6) is 0 Å². The van der Waals surface area contributed by atoms with E-state index in [1.807, 2.05) is 6.92 Å². The summed E-state index contributed by atoms with van der Waals surface area (Å²) in [5.41, 5.74) is 0.229. The van der Waals surface area contributed by atoms with E-state index in [1.165, 1.54) is 18.9 Å². The lowest BCUT2D eigenvalue weighted by Gasteiger charge is -2.20. The summed E-state index contributed by atoms with van der Waals surface area (Å²) in [5, 5.41) is 8.88. The molecule has 1 aromatic rings. The third kappa shape index (κ3) is 3.07. The van der Waals surface area contributed by atoms with Crippen LogP contribution in [0.3, 0.4) is 0 Å². The molecular weight excluding hydrogens is 233 g/mol. The van der Waals surface area contributed by atoms with Crippen molar-refractivity contribution >= 4 is 5.97 Å². The molecule has 0 aliphatic heterocycles. The Morgan fingerprint density at radius 2 is 2.22 bits per heavy atom. The molecule has 0 atom stereocenters. The first-order valence-electron chi connectivity index (χ1n) is 6.34. The zero-order valence-corrected chi connectivity index (χ0v) is 10.5. The van der Waals surface area contributed by atoms with Crippen LogP contribution in [0.15, 0.2) is 18.2 Å². The molecule has 1 fully saturated rings. The fraction of sp³-hybridized carbons (Fsp3) is 0.500. The molecule has 18 heavy (non-hydrogen) atoms. The molecule has 3 nitrogen and oxygen atoms in total.